The summed E-state index contributed by atoms with van der Waals surface area (Å²) in [5.41, 5.74) is 6.26. The first-order valence-corrected chi connectivity index (χ1v) is 8.22. The van der Waals surface area contributed by atoms with Gasteiger partial charge >= 0.3 is 0 Å². The van der Waals surface area contributed by atoms with Gasteiger partial charge in [0.15, 0.2) is 0 Å². The van der Waals surface area contributed by atoms with Gasteiger partial charge in [-0.05, 0) is 25.0 Å². The topological polar surface area (TPSA) is 78.0 Å². The minimum Gasteiger partial charge on any atom is -0.368 e. The smallest absolute Gasteiger partial charge is 0.263 e. The second-order valence-corrected chi connectivity index (χ2v) is 6.39. The lowest BCUT2D eigenvalue weighted by molar-refractivity contribution is -0.121. The lowest BCUT2D eigenvalue weighted by Gasteiger charge is -2.16. The van der Waals surface area contributed by atoms with Crippen molar-refractivity contribution in [2.45, 2.75) is 26.3 Å². The number of primary amides is 1. The molecule has 0 radical (unpaired) electrons. The molecule has 0 aliphatic heterocycles. The Kier molecular flexibility index (Phi) is 4.00. The Bertz CT molecular complexity index is 928. The van der Waals surface area contributed by atoms with Gasteiger partial charge in [-0.2, -0.15) is 0 Å². The highest BCUT2D eigenvalue weighted by Gasteiger charge is 2.21. The molecule has 5 nitrogen and oxygen atoms in total. The average Bonchev–Trinajstić information content (AvgIpc) is 2.96. The number of aryl methyl sites for hydroxylation is 1. The van der Waals surface area contributed by atoms with E-state index in [1.807, 2.05) is 43.3 Å². The molecule has 0 aliphatic rings. The molecule has 6 heteroatoms. The molecule has 0 aliphatic carbocycles. The quantitative estimate of drug-likeness (QED) is 0.800. The van der Waals surface area contributed by atoms with Crippen LogP contribution in [0.5, 0.6) is 0 Å². The third-order valence-electron chi connectivity index (χ3n) is 3.86. The van der Waals surface area contributed by atoms with E-state index in [1.165, 1.54) is 15.9 Å². The Labute approximate surface area is 137 Å². The van der Waals surface area contributed by atoms with E-state index < -0.39 is 11.9 Å². The van der Waals surface area contributed by atoms with Gasteiger partial charge in [0.05, 0.1) is 5.39 Å². The first-order chi connectivity index (χ1) is 11.0. The third kappa shape index (κ3) is 2.66. The molecule has 118 valence electrons. The zero-order chi connectivity index (χ0) is 16.6. The molecule has 1 atom stereocenters. The van der Waals surface area contributed by atoms with Crippen molar-refractivity contribution in [2.75, 3.05) is 0 Å². The molecule has 0 bridgehead atoms. The van der Waals surface area contributed by atoms with Crippen LogP contribution in [0.1, 0.15) is 25.2 Å². The first-order valence-electron chi connectivity index (χ1n) is 7.40. The molecule has 2 heterocycles. The van der Waals surface area contributed by atoms with Crippen LogP contribution in [-0.4, -0.2) is 15.5 Å². The van der Waals surface area contributed by atoms with Gasteiger partial charge in [-0.15, -0.1) is 11.3 Å². The number of carbonyl (C=O) groups is 1. The van der Waals surface area contributed by atoms with E-state index in [9.17, 15) is 9.59 Å². The Morgan fingerprint density at radius 1 is 1.35 bits per heavy atom. The summed E-state index contributed by atoms with van der Waals surface area (Å²) in [7, 11) is 0. The summed E-state index contributed by atoms with van der Waals surface area (Å²) in [6.07, 6.45) is 0.457. The van der Waals surface area contributed by atoms with E-state index >= 15 is 0 Å². The van der Waals surface area contributed by atoms with Crippen molar-refractivity contribution in [3.63, 3.8) is 0 Å². The fourth-order valence-corrected chi connectivity index (χ4v) is 3.79. The first kappa shape index (κ1) is 15.4. The van der Waals surface area contributed by atoms with Crippen LogP contribution in [-0.2, 0) is 4.79 Å². The average molecular weight is 327 g/mol. The molecular formula is C17H17N3O2S. The summed E-state index contributed by atoms with van der Waals surface area (Å²) in [6, 6.07) is 11.0. The summed E-state index contributed by atoms with van der Waals surface area (Å²) in [5, 5.41) is 0.527. The van der Waals surface area contributed by atoms with Gasteiger partial charge in [0, 0.05) is 4.88 Å². The predicted molar refractivity (Wildman–Crippen MR) is 92.6 cm³/mol. The lowest BCUT2D eigenvalue weighted by atomic mass is 10.1. The highest BCUT2D eigenvalue weighted by molar-refractivity contribution is 7.21. The van der Waals surface area contributed by atoms with Crippen LogP contribution >= 0.6 is 11.3 Å². The van der Waals surface area contributed by atoms with Crippen molar-refractivity contribution in [2.24, 2.45) is 5.73 Å². The molecule has 3 aromatic rings. The Hall–Kier alpha value is -2.47. The number of hydrogen-bond donors (Lipinski definition) is 1. The van der Waals surface area contributed by atoms with E-state index in [-0.39, 0.29) is 5.56 Å². The van der Waals surface area contributed by atoms with Crippen LogP contribution in [0.15, 0.2) is 41.2 Å². The van der Waals surface area contributed by atoms with E-state index in [1.54, 1.807) is 6.92 Å². The number of carbonyl (C=O) groups excluding carboxylic acids is 1. The fraction of sp³-hybridized carbons (Fsp3) is 0.235. The zero-order valence-corrected chi connectivity index (χ0v) is 13.8. The number of nitrogens with two attached hydrogens (primary N) is 1. The van der Waals surface area contributed by atoms with Crippen molar-refractivity contribution in [1.82, 2.24) is 9.55 Å². The second kappa shape index (κ2) is 5.96. The predicted octanol–water partition coefficient (Wildman–Crippen LogP) is 2.87. The van der Waals surface area contributed by atoms with Crippen LogP contribution in [0, 0.1) is 6.92 Å². The van der Waals surface area contributed by atoms with Gasteiger partial charge in [0.1, 0.15) is 16.7 Å². The van der Waals surface area contributed by atoms with Gasteiger partial charge in [0.2, 0.25) is 5.91 Å². The van der Waals surface area contributed by atoms with Crippen LogP contribution in [0.25, 0.3) is 20.7 Å². The van der Waals surface area contributed by atoms with E-state index in [2.05, 4.69) is 4.98 Å². The highest BCUT2D eigenvalue weighted by Crippen LogP contribution is 2.31. The standard InChI is InChI=1S/C17H17N3O2S/c1-3-13(15(18)21)20-10(2)19-16-12(17(20)22)9-14(23-16)11-7-5-4-6-8-11/h4-9,13H,3H2,1-2H3,(H2,18,21). The molecule has 1 amide bonds. The summed E-state index contributed by atoms with van der Waals surface area (Å²) < 4.78 is 1.41. The maximum atomic E-state index is 12.8. The molecular weight excluding hydrogens is 310 g/mol. The van der Waals surface area contributed by atoms with Crippen LogP contribution in [0.4, 0.5) is 0 Å². The Balaban J connectivity index is 2.23. The van der Waals surface area contributed by atoms with Crippen molar-refractivity contribution in [1.29, 1.82) is 0 Å². The highest BCUT2D eigenvalue weighted by atomic mass is 32.1. The Morgan fingerprint density at radius 3 is 2.65 bits per heavy atom. The van der Waals surface area contributed by atoms with Gasteiger partial charge in [-0.25, -0.2) is 4.98 Å². The van der Waals surface area contributed by atoms with Crippen LogP contribution in [0.2, 0.25) is 0 Å². The minimum atomic E-state index is -0.667. The van der Waals surface area contributed by atoms with Crippen molar-refractivity contribution in [3.8, 4) is 10.4 Å². The molecule has 0 saturated heterocycles. The number of rotatable bonds is 4. The molecule has 23 heavy (non-hydrogen) atoms. The van der Waals surface area contributed by atoms with Gasteiger partial charge in [0.25, 0.3) is 5.56 Å². The van der Waals surface area contributed by atoms with Gasteiger partial charge in [-0.1, -0.05) is 37.3 Å². The van der Waals surface area contributed by atoms with Crippen molar-refractivity contribution < 1.29 is 4.79 Å². The monoisotopic (exact) mass is 327 g/mol. The van der Waals surface area contributed by atoms with Gasteiger partial charge in [-0.3, -0.25) is 14.2 Å². The summed E-state index contributed by atoms with van der Waals surface area (Å²) in [6.45, 7) is 3.56. The summed E-state index contributed by atoms with van der Waals surface area (Å²) >= 11 is 1.47. The molecule has 0 spiro atoms. The molecule has 2 N–H and O–H groups in total. The summed E-state index contributed by atoms with van der Waals surface area (Å²) in [5.74, 6) is -0.00743. The number of thiophene rings is 1. The molecule has 2 aromatic heterocycles. The van der Waals surface area contributed by atoms with Crippen LogP contribution < -0.4 is 11.3 Å². The van der Waals surface area contributed by atoms with E-state index in [4.69, 9.17) is 5.73 Å². The summed E-state index contributed by atoms with van der Waals surface area (Å²) in [4.78, 5) is 30.6. The SMILES string of the molecule is CCC(C(N)=O)n1c(C)nc2sc(-c3ccccc3)cc2c1=O. The number of hydrogen-bond acceptors (Lipinski definition) is 4. The number of amides is 1. The van der Waals surface area contributed by atoms with Crippen molar-refractivity contribution >= 4 is 27.5 Å². The number of fused-ring (bicyclic) bond motifs is 1. The van der Waals surface area contributed by atoms with Gasteiger partial charge < -0.3 is 5.73 Å². The van der Waals surface area contributed by atoms with E-state index in [0.717, 1.165) is 10.4 Å². The van der Waals surface area contributed by atoms with Crippen LogP contribution in [0.3, 0.4) is 0 Å². The number of benzene rings is 1. The number of nitrogens with zero attached hydrogens (tertiary/aromatic N) is 2. The normalized spacial score (nSPS) is 12.4. The fourth-order valence-electron chi connectivity index (χ4n) is 2.72. The van der Waals surface area contributed by atoms with E-state index in [0.29, 0.717) is 22.5 Å². The number of aromatic nitrogens is 2. The molecule has 1 aromatic carbocycles. The Morgan fingerprint density at radius 2 is 2.04 bits per heavy atom. The maximum absolute atomic E-state index is 12.8. The molecule has 0 fully saturated rings. The maximum Gasteiger partial charge on any atom is 0.263 e. The largest absolute Gasteiger partial charge is 0.368 e. The molecule has 3 rings (SSSR count). The molecule has 0 saturated carbocycles. The zero-order valence-electron chi connectivity index (χ0n) is 12.9. The lowest BCUT2D eigenvalue weighted by Crippen LogP contribution is -2.35. The third-order valence-corrected chi connectivity index (χ3v) is 4.94. The second-order valence-electron chi connectivity index (χ2n) is 5.36. The minimum absolute atomic E-state index is 0.211. The van der Waals surface area contributed by atoms with Crippen molar-refractivity contribution in [3.05, 3.63) is 52.6 Å². The molecule has 1 unspecified atom stereocenters.